The summed E-state index contributed by atoms with van der Waals surface area (Å²) in [5.41, 5.74) is 0.276. The van der Waals surface area contributed by atoms with Gasteiger partial charge in [-0.15, -0.1) is 0 Å². The average Bonchev–Trinajstić information content (AvgIpc) is 2.40. The van der Waals surface area contributed by atoms with Crippen LogP contribution in [0.3, 0.4) is 0 Å². The van der Waals surface area contributed by atoms with Gasteiger partial charge in [-0.1, -0.05) is 6.07 Å². The first-order valence-corrected chi connectivity index (χ1v) is 5.66. The second-order valence-corrected chi connectivity index (χ2v) is 4.25. The molecule has 1 heterocycles. The Morgan fingerprint density at radius 1 is 1.32 bits per heavy atom. The fraction of sp³-hybridized carbons (Fsp3) is 0.455. The van der Waals surface area contributed by atoms with E-state index in [0.717, 1.165) is 0 Å². The summed E-state index contributed by atoms with van der Waals surface area (Å²) in [5.74, 6) is 0. The van der Waals surface area contributed by atoms with Crippen molar-refractivity contribution in [2.24, 2.45) is 0 Å². The van der Waals surface area contributed by atoms with Gasteiger partial charge in [0.1, 0.15) is 18.3 Å². The van der Waals surface area contributed by atoms with Crippen LogP contribution in [0.1, 0.15) is 0 Å². The molecule has 1 saturated heterocycles. The maximum absolute atomic E-state index is 10.6. The van der Waals surface area contributed by atoms with Crippen molar-refractivity contribution < 1.29 is 25.0 Å². The standard InChI is InChI=1S/C11H14N2O6/c14-8-5-19-11(10(16)9(8)15)12-6-2-1-3-7(4-6)13(17)18/h1-4,8-12,14-16H,5H2/t8-,9+,10-,11+/m1/s1. The molecule has 8 nitrogen and oxygen atoms in total. The van der Waals surface area contributed by atoms with Gasteiger partial charge in [-0.3, -0.25) is 10.1 Å². The fourth-order valence-electron chi connectivity index (χ4n) is 1.81. The van der Waals surface area contributed by atoms with E-state index >= 15 is 0 Å². The highest BCUT2D eigenvalue weighted by atomic mass is 16.6. The molecule has 0 unspecified atom stereocenters. The average molecular weight is 270 g/mol. The van der Waals surface area contributed by atoms with Gasteiger partial charge in [-0.2, -0.15) is 0 Å². The lowest BCUT2D eigenvalue weighted by Crippen LogP contribution is -2.55. The van der Waals surface area contributed by atoms with E-state index < -0.39 is 29.5 Å². The minimum absolute atomic E-state index is 0.101. The molecule has 4 atom stereocenters. The molecule has 0 spiro atoms. The maximum Gasteiger partial charge on any atom is 0.271 e. The molecule has 0 amide bonds. The Balaban J connectivity index is 2.09. The van der Waals surface area contributed by atoms with E-state index in [-0.39, 0.29) is 12.3 Å². The Morgan fingerprint density at radius 2 is 2.05 bits per heavy atom. The number of benzene rings is 1. The number of non-ortho nitro benzene ring substituents is 1. The monoisotopic (exact) mass is 270 g/mol. The van der Waals surface area contributed by atoms with Crippen LogP contribution in [0.15, 0.2) is 24.3 Å². The first-order chi connectivity index (χ1) is 8.99. The summed E-state index contributed by atoms with van der Waals surface area (Å²) in [7, 11) is 0. The number of nitro groups is 1. The number of anilines is 1. The van der Waals surface area contributed by atoms with Crippen LogP contribution in [-0.4, -0.2) is 51.4 Å². The molecule has 2 rings (SSSR count). The van der Waals surface area contributed by atoms with Gasteiger partial charge in [0.05, 0.1) is 11.5 Å². The number of ether oxygens (including phenoxy) is 1. The largest absolute Gasteiger partial charge is 0.388 e. The van der Waals surface area contributed by atoms with E-state index in [4.69, 9.17) is 4.74 Å². The van der Waals surface area contributed by atoms with E-state index in [2.05, 4.69) is 5.32 Å². The highest BCUT2D eigenvalue weighted by Gasteiger charge is 2.37. The van der Waals surface area contributed by atoms with Gasteiger partial charge in [0.25, 0.3) is 5.69 Å². The first-order valence-electron chi connectivity index (χ1n) is 5.66. The topological polar surface area (TPSA) is 125 Å². The van der Waals surface area contributed by atoms with Crippen LogP contribution in [-0.2, 0) is 4.74 Å². The molecule has 0 aromatic heterocycles. The molecule has 1 fully saturated rings. The summed E-state index contributed by atoms with van der Waals surface area (Å²) in [4.78, 5) is 10.1. The lowest BCUT2D eigenvalue weighted by atomic mass is 10.0. The number of hydrogen-bond donors (Lipinski definition) is 4. The van der Waals surface area contributed by atoms with Crippen LogP contribution in [0.5, 0.6) is 0 Å². The summed E-state index contributed by atoms with van der Waals surface area (Å²) >= 11 is 0. The van der Waals surface area contributed by atoms with Crippen molar-refractivity contribution in [3.8, 4) is 0 Å². The van der Waals surface area contributed by atoms with E-state index in [1.54, 1.807) is 6.07 Å². The number of nitrogens with zero attached hydrogens (tertiary/aromatic N) is 1. The number of nitrogens with one attached hydrogen (secondary N) is 1. The quantitative estimate of drug-likeness (QED) is 0.428. The van der Waals surface area contributed by atoms with Crippen molar-refractivity contribution in [2.75, 3.05) is 11.9 Å². The van der Waals surface area contributed by atoms with Crippen molar-refractivity contribution in [2.45, 2.75) is 24.5 Å². The van der Waals surface area contributed by atoms with Crippen LogP contribution in [0, 0.1) is 10.1 Å². The molecular weight excluding hydrogens is 256 g/mol. The predicted molar refractivity (Wildman–Crippen MR) is 64.5 cm³/mol. The zero-order chi connectivity index (χ0) is 14.0. The summed E-state index contributed by atoms with van der Waals surface area (Å²) < 4.78 is 5.14. The normalized spacial score (nSPS) is 30.9. The van der Waals surface area contributed by atoms with Crippen LogP contribution < -0.4 is 5.32 Å². The summed E-state index contributed by atoms with van der Waals surface area (Å²) in [5, 5.41) is 41.9. The SMILES string of the molecule is O=[N+]([O-])c1cccc(N[C@H]2OC[C@@H](O)[C@H](O)[C@H]2O)c1. The Kier molecular flexibility index (Phi) is 3.96. The Labute approximate surface area is 108 Å². The zero-order valence-corrected chi connectivity index (χ0v) is 9.84. The van der Waals surface area contributed by atoms with Gasteiger partial charge in [0.15, 0.2) is 6.23 Å². The lowest BCUT2D eigenvalue weighted by molar-refractivity contribution is -0.384. The molecule has 0 aliphatic carbocycles. The van der Waals surface area contributed by atoms with Gasteiger partial charge in [-0.05, 0) is 6.07 Å². The molecule has 1 aromatic rings. The van der Waals surface area contributed by atoms with E-state index in [1.807, 2.05) is 0 Å². The molecule has 0 bridgehead atoms. The number of rotatable bonds is 3. The third kappa shape index (κ3) is 2.99. The van der Waals surface area contributed by atoms with Crippen molar-refractivity contribution in [3.63, 3.8) is 0 Å². The van der Waals surface area contributed by atoms with Gasteiger partial charge < -0.3 is 25.4 Å². The van der Waals surface area contributed by atoms with E-state index in [1.165, 1.54) is 18.2 Å². The zero-order valence-electron chi connectivity index (χ0n) is 9.84. The number of aliphatic hydroxyl groups excluding tert-OH is 3. The molecule has 1 aliphatic rings. The second kappa shape index (κ2) is 5.49. The second-order valence-electron chi connectivity index (χ2n) is 4.25. The minimum Gasteiger partial charge on any atom is -0.388 e. The highest BCUT2D eigenvalue weighted by Crippen LogP contribution is 2.21. The predicted octanol–water partition coefficient (Wildman–Crippen LogP) is -0.554. The molecule has 1 aliphatic heterocycles. The smallest absolute Gasteiger partial charge is 0.271 e. The molecular formula is C11H14N2O6. The number of hydrogen-bond acceptors (Lipinski definition) is 7. The highest BCUT2D eigenvalue weighted by molar-refractivity contribution is 5.51. The van der Waals surface area contributed by atoms with Gasteiger partial charge in [0, 0.05) is 17.8 Å². The third-order valence-electron chi connectivity index (χ3n) is 2.87. The fourth-order valence-corrected chi connectivity index (χ4v) is 1.81. The van der Waals surface area contributed by atoms with Crippen LogP contribution in [0.25, 0.3) is 0 Å². The van der Waals surface area contributed by atoms with Gasteiger partial charge in [0.2, 0.25) is 0 Å². The Morgan fingerprint density at radius 3 is 2.74 bits per heavy atom. The molecule has 8 heteroatoms. The van der Waals surface area contributed by atoms with Gasteiger partial charge >= 0.3 is 0 Å². The molecule has 19 heavy (non-hydrogen) atoms. The number of aliphatic hydroxyl groups is 3. The van der Waals surface area contributed by atoms with Crippen molar-refractivity contribution in [3.05, 3.63) is 34.4 Å². The summed E-state index contributed by atoms with van der Waals surface area (Å²) in [6, 6.07) is 5.68. The van der Waals surface area contributed by atoms with Crippen molar-refractivity contribution in [1.82, 2.24) is 0 Å². The first kappa shape index (κ1) is 13.7. The van der Waals surface area contributed by atoms with E-state index in [0.29, 0.717) is 5.69 Å². The number of nitro benzene ring substituents is 1. The van der Waals surface area contributed by atoms with Crippen LogP contribution in [0.4, 0.5) is 11.4 Å². The summed E-state index contributed by atoms with van der Waals surface area (Å²) in [6.07, 6.45) is -4.76. The van der Waals surface area contributed by atoms with Gasteiger partial charge in [-0.25, -0.2) is 0 Å². The summed E-state index contributed by atoms with van der Waals surface area (Å²) in [6.45, 7) is -0.134. The van der Waals surface area contributed by atoms with Crippen molar-refractivity contribution in [1.29, 1.82) is 0 Å². The maximum atomic E-state index is 10.6. The van der Waals surface area contributed by atoms with E-state index in [9.17, 15) is 25.4 Å². The Bertz CT molecular complexity index is 468. The molecule has 1 aromatic carbocycles. The lowest BCUT2D eigenvalue weighted by Gasteiger charge is -2.35. The molecule has 4 N–H and O–H groups in total. The van der Waals surface area contributed by atoms with Crippen LogP contribution in [0.2, 0.25) is 0 Å². The Hall–Kier alpha value is -1.74. The van der Waals surface area contributed by atoms with Crippen LogP contribution >= 0.6 is 0 Å². The van der Waals surface area contributed by atoms with Crippen molar-refractivity contribution >= 4 is 11.4 Å². The minimum atomic E-state index is -1.33. The molecule has 0 saturated carbocycles. The third-order valence-corrected chi connectivity index (χ3v) is 2.87. The molecule has 104 valence electrons. The molecule has 0 radical (unpaired) electrons.